The van der Waals surface area contributed by atoms with Crippen LogP contribution in [0, 0.1) is 0 Å². The third-order valence-electron chi connectivity index (χ3n) is 3.80. The van der Waals surface area contributed by atoms with Gasteiger partial charge in [-0.05, 0) is 37.1 Å². The van der Waals surface area contributed by atoms with Crippen molar-refractivity contribution >= 4 is 17.2 Å². The van der Waals surface area contributed by atoms with E-state index in [1.807, 2.05) is 0 Å². The molecule has 3 heteroatoms. The van der Waals surface area contributed by atoms with Crippen LogP contribution < -0.4 is 5.32 Å². The van der Waals surface area contributed by atoms with Crippen molar-refractivity contribution in [2.45, 2.75) is 50.0 Å². The number of amides is 1. The Labute approximate surface area is 100 Å². The quantitative estimate of drug-likeness (QED) is 0.857. The maximum absolute atomic E-state index is 12.4. The third-order valence-corrected chi connectivity index (χ3v) is 4.87. The molecule has 2 aliphatic rings. The Bertz CT molecular complexity index is 375. The zero-order valence-corrected chi connectivity index (χ0v) is 10.2. The lowest BCUT2D eigenvalue weighted by atomic mass is 9.83. The van der Waals surface area contributed by atoms with E-state index in [9.17, 15) is 4.79 Å². The fourth-order valence-electron chi connectivity index (χ4n) is 2.67. The summed E-state index contributed by atoms with van der Waals surface area (Å²) in [7, 11) is 0. The van der Waals surface area contributed by atoms with Gasteiger partial charge in [-0.3, -0.25) is 4.79 Å². The van der Waals surface area contributed by atoms with Crippen LogP contribution in [0.5, 0.6) is 0 Å². The Morgan fingerprint density at radius 2 is 2.12 bits per heavy atom. The normalized spacial score (nSPS) is 23.2. The zero-order chi connectivity index (χ0) is 11.0. The second kappa shape index (κ2) is 3.88. The topological polar surface area (TPSA) is 29.1 Å². The first-order valence-electron chi connectivity index (χ1n) is 6.16. The predicted octanol–water partition coefficient (Wildman–Crippen LogP) is 2.84. The molecule has 0 spiro atoms. The van der Waals surface area contributed by atoms with Crippen LogP contribution in [0.15, 0.2) is 17.5 Å². The monoisotopic (exact) mass is 235 g/mol. The third kappa shape index (κ3) is 1.67. The summed E-state index contributed by atoms with van der Waals surface area (Å²) in [6.07, 6.45) is 6.79. The van der Waals surface area contributed by atoms with E-state index in [-0.39, 0.29) is 11.3 Å². The summed E-state index contributed by atoms with van der Waals surface area (Å²) < 4.78 is 0. The molecule has 1 aromatic rings. The van der Waals surface area contributed by atoms with Crippen molar-refractivity contribution in [3.05, 3.63) is 22.4 Å². The molecule has 0 atom stereocenters. The molecule has 16 heavy (non-hydrogen) atoms. The number of carbonyl (C=O) groups is 1. The van der Waals surface area contributed by atoms with Crippen molar-refractivity contribution in [1.82, 2.24) is 5.32 Å². The van der Waals surface area contributed by atoms with Gasteiger partial charge in [0.15, 0.2) is 0 Å². The van der Waals surface area contributed by atoms with Crippen LogP contribution in [0.25, 0.3) is 0 Å². The van der Waals surface area contributed by atoms with Crippen LogP contribution in [0.4, 0.5) is 0 Å². The molecule has 0 aromatic carbocycles. The number of thiophene rings is 1. The average Bonchev–Trinajstić information content (AvgIpc) is 2.84. The van der Waals surface area contributed by atoms with Crippen molar-refractivity contribution in [2.24, 2.45) is 0 Å². The van der Waals surface area contributed by atoms with Crippen LogP contribution in [-0.2, 0) is 10.2 Å². The maximum atomic E-state index is 12.4. The lowest BCUT2D eigenvalue weighted by Crippen LogP contribution is -2.43. The number of nitrogens with one attached hydrogen (secondary N) is 1. The van der Waals surface area contributed by atoms with Crippen molar-refractivity contribution < 1.29 is 4.79 Å². The Balaban J connectivity index is 1.86. The standard InChI is InChI=1S/C13H17NOS/c15-12(14-10-5-6-10)13(7-1-2-8-13)11-4-3-9-16-11/h3-4,9-10H,1-2,5-8H2,(H,14,15). The highest BCUT2D eigenvalue weighted by molar-refractivity contribution is 7.10. The van der Waals surface area contributed by atoms with Crippen LogP contribution in [0.3, 0.4) is 0 Å². The molecule has 0 saturated heterocycles. The minimum absolute atomic E-state index is 0.184. The summed E-state index contributed by atoms with van der Waals surface area (Å²) in [5.74, 6) is 0.287. The van der Waals surface area contributed by atoms with Crippen LogP contribution in [-0.4, -0.2) is 11.9 Å². The highest BCUT2D eigenvalue weighted by atomic mass is 32.1. The van der Waals surface area contributed by atoms with Crippen molar-refractivity contribution in [2.75, 3.05) is 0 Å². The molecule has 2 aliphatic carbocycles. The Morgan fingerprint density at radius 3 is 2.69 bits per heavy atom. The van der Waals surface area contributed by atoms with E-state index >= 15 is 0 Å². The fourth-order valence-corrected chi connectivity index (χ4v) is 3.65. The summed E-state index contributed by atoms with van der Waals surface area (Å²) in [5.41, 5.74) is -0.184. The van der Waals surface area contributed by atoms with E-state index in [1.165, 1.54) is 30.6 Å². The van der Waals surface area contributed by atoms with Gasteiger partial charge in [0.2, 0.25) is 5.91 Å². The number of carbonyl (C=O) groups excluding carboxylic acids is 1. The highest BCUT2D eigenvalue weighted by Crippen LogP contribution is 2.43. The zero-order valence-electron chi connectivity index (χ0n) is 9.37. The van der Waals surface area contributed by atoms with Gasteiger partial charge in [0.25, 0.3) is 0 Å². The summed E-state index contributed by atoms with van der Waals surface area (Å²) in [6.45, 7) is 0. The van der Waals surface area contributed by atoms with Gasteiger partial charge in [0, 0.05) is 10.9 Å². The molecule has 0 radical (unpaired) electrons. The number of rotatable bonds is 3. The van der Waals surface area contributed by atoms with Crippen LogP contribution in [0.2, 0.25) is 0 Å². The first-order chi connectivity index (χ1) is 7.81. The SMILES string of the molecule is O=C(NC1CC1)C1(c2cccs2)CCCC1. The Morgan fingerprint density at radius 1 is 1.38 bits per heavy atom. The molecule has 1 aromatic heterocycles. The second-order valence-electron chi connectivity index (χ2n) is 5.01. The molecule has 1 amide bonds. The Hall–Kier alpha value is -0.830. The molecule has 2 nitrogen and oxygen atoms in total. The number of hydrogen-bond acceptors (Lipinski definition) is 2. The maximum Gasteiger partial charge on any atom is 0.231 e. The molecule has 86 valence electrons. The molecule has 1 heterocycles. The average molecular weight is 235 g/mol. The van der Waals surface area contributed by atoms with Gasteiger partial charge in [-0.2, -0.15) is 0 Å². The van der Waals surface area contributed by atoms with Crippen molar-refractivity contribution in [1.29, 1.82) is 0 Å². The smallest absolute Gasteiger partial charge is 0.231 e. The summed E-state index contributed by atoms with van der Waals surface area (Å²) in [4.78, 5) is 13.7. The molecule has 2 fully saturated rings. The predicted molar refractivity (Wildman–Crippen MR) is 65.6 cm³/mol. The minimum atomic E-state index is -0.184. The molecule has 1 N–H and O–H groups in total. The van der Waals surface area contributed by atoms with Gasteiger partial charge in [-0.15, -0.1) is 11.3 Å². The van der Waals surface area contributed by atoms with Gasteiger partial charge in [0.05, 0.1) is 5.41 Å². The minimum Gasteiger partial charge on any atom is -0.353 e. The van der Waals surface area contributed by atoms with E-state index in [4.69, 9.17) is 0 Å². The second-order valence-corrected chi connectivity index (χ2v) is 5.96. The first-order valence-corrected chi connectivity index (χ1v) is 7.04. The molecule has 0 bridgehead atoms. The van der Waals surface area contributed by atoms with Gasteiger partial charge in [0.1, 0.15) is 0 Å². The molecule has 2 saturated carbocycles. The van der Waals surface area contributed by atoms with Crippen LogP contribution in [0.1, 0.15) is 43.4 Å². The van der Waals surface area contributed by atoms with E-state index in [0.717, 1.165) is 12.8 Å². The van der Waals surface area contributed by atoms with Crippen molar-refractivity contribution in [3.63, 3.8) is 0 Å². The molecular weight excluding hydrogens is 218 g/mol. The lowest BCUT2D eigenvalue weighted by molar-refractivity contribution is -0.126. The summed E-state index contributed by atoms with van der Waals surface area (Å²) in [6, 6.07) is 4.66. The van der Waals surface area contributed by atoms with E-state index in [0.29, 0.717) is 6.04 Å². The van der Waals surface area contributed by atoms with Gasteiger partial charge < -0.3 is 5.32 Å². The Kier molecular flexibility index (Phi) is 2.51. The summed E-state index contributed by atoms with van der Waals surface area (Å²) >= 11 is 1.73. The van der Waals surface area contributed by atoms with Gasteiger partial charge in [-0.1, -0.05) is 18.9 Å². The van der Waals surface area contributed by atoms with Crippen molar-refractivity contribution in [3.8, 4) is 0 Å². The fraction of sp³-hybridized carbons (Fsp3) is 0.615. The van der Waals surface area contributed by atoms with E-state index in [2.05, 4.69) is 22.8 Å². The summed E-state index contributed by atoms with van der Waals surface area (Å²) in [5, 5.41) is 5.28. The van der Waals surface area contributed by atoms with E-state index in [1.54, 1.807) is 11.3 Å². The lowest BCUT2D eigenvalue weighted by Gasteiger charge is -2.26. The largest absolute Gasteiger partial charge is 0.353 e. The molecule has 0 unspecified atom stereocenters. The molecular formula is C13H17NOS. The number of hydrogen-bond donors (Lipinski definition) is 1. The molecule has 3 rings (SSSR count). The van der Waals surface area contributed by atoms with Gasteiger partial charge in [-0.25, -0.2) is 0 Å². The van der Waals surface area contributed by atoms with E-state index < -0.39 is 0 Å². The molecule has 0 aliphatic heterocycles. The highest BCUT2D eigenvalue weighted by Gasteiger charge is 2.44. The van der Waals surface area contributed by atoms with Gasteiger partial charge >= 0.3 is 0 Å². The first kappa shape index (κ1) is 10.3. The van der Waals surface area contributed by atoms with Crippen LogP contribution >= 0.6 is 11.3 Å².